The Labute approximate surface area is 277 Å². The number of carbonyl (C=O) groups excluding carboxylic acids is 2. The largest absolute Gasteiger partial charge is 0.497 e. The number of nitrogens with one attached hydrogen (secondary N) is 1. The number of rotatable bonds is 3. The van der Waals surface area contributed by atoms with Crippen LogP contribution in [0.25, 0.3) is 11.0 Å². The molecular formula is C34H45F3N4O7. The van der Waals surface area contributed by atoms with E-state index >= 15 is 0 Å². The highest BCUT2D eigenvalue weighted by atomic mass is 19.4. The molecule has 2 N–H and O–H groups in total. The number of carboxylic acid groups (broad SMARTS) is 1. The second-order valence-corrected chi connectivity index (χ2v) is 14.2. The number of hydrogen-bond donors (Lipinski definition) is 2. The van der Waals surface area contributed by atoms with E-state index in [1.165, 1.54) is 7.11 Å². The number of carboxylic acids is 1. The van der Waals surface area contributed by atoms with Gasteiger partial charge in [-0.05, 0) is 62.5 Å². The summed E-state index contributed by atoms with van der Waals surface area (Å²) >= 11 is 0. The molecule has 14 heteroatoms. The van der Waals surface area contributed by atoms with E-state index in [-0.39, 0.29) is 38.1 Å². The van der Waals surface area contributed by atoms with Crippen LogP contribution in [0.1, 0.15) is 84.8 Å². The molecule has 2 fully saturated rings. The SMILES string of the molecule is CC[C@@H]1[C@@H]2CN(C(=O)[C@H](C(C)(C)C)NC(=O)OC3(C(F)(F)F)CCC[C@H]3CCCCCc3nc4ccc(OC)cc4nc3O2)[C@@H]1C(=O)O. The van der Waals surface area contributed by atoms with Gasteiger partial charge in [-0.2, -0.15) is 13.2 Å². The molecule has 2 amide bonds. The van der Waals surface area contributed by atoms with Crippen LogP contribution >= 0.6 is 0 Å². The van der Waals surface area contributed by atoms with Crippen LogP contribution in [0.3, 0.4) is 0 Å². The number of benzene rings is 1. The molecule has 3 aliphatic rings. The predicted octanol–water partition coefficient (Wildman–Crippen LogP) is 6.07. The van der Waals surface area contributed by atoms with Crippen molar-refractivity contribution in [3.05, 3.63) is 23.9 Å². The number of fused-ring (bicyclic) bond motifs is 5. The van der Waals surface area contributed by atoms with Crippen molar-refractivity contribution in [1.82, 2.24) is 20.2 Å². The Bertz CT molecular complexity index is 1530. The standard InChI is InChI=1S/C34H45F3N4O7/c1-6-21-25-18-41(26(21)30(43)44)29(42)27(32(2,3)4)40-31(45)48-33(34(35,36)37)16-10-12-19(33)11-8-7-9-13-23-28(47-25)39-24-17-20(46-5)14-15-22(24)38-23/h14-15,17,19,21,25-27H,6-13,16,18H2,1-5H3,(H,40,45)(H,43,44)/t19-,21-,25+,26+,27-,33?/m1/s1. The first kappa shape index (κ1) is 35.5. The molecule has 1 aliphatic carbocycles. The number of aryl methyl sites for hydroxylation is 1. The van der Waals surface area contributed by atoms with Crippen molar-refractivity contribution in [2.24, 2.45) is 17.3 Å². The quantitative estimate of drug-likeness (QED) is 0.396. The minimum absolute atomic E-state index is 0.149. The van der Waals surface area contributed by atoms with E-state index < -0.39 is 65.2 Å². The van der Waals surface area contributed by atoms with Gasteiger partial charge in [0.25, 0.3) is 0 Å². The Balaban J connectivity index is 1.59. The number of aliphatic carboxylic acids is 1. The van der Waals surface area contributed by atoms with Crippen LogP contribution in [0, 0.1) is 17.3 Å². The maximum absolute atomic E-state index is 14.8. The molecule has 2 aliphatic heterocycles. The zero-order valence-corrected chi connectivity index (χ0v) is 28.1. The zero-order valence-electron chi connectivity index (χ0n) is 28.1. The van der Waals surface area contributed by atoms with E-state index in [0.29, 0.717) is 54.6 Å². The average molecular weight is 679 g/mol. The van der Waals surface area contributed by atoms with Crippen LogP contribution in [-0.4, -0.2) is 81.6 Å². The van der Waals surface area contributed by atoms with Gasteiger partial charge in [0, 0.05) is 17.9 Å². The van der Waals surface area contributed by atoms with E-state index in [9.17, 15) is 32.7 Å². The van der Waals surface area contributed by atoms with Gasteiger partial charge in [-0.25, -0.2) is 19.6 Å². The van der Waals surface area contributed by atoms with E-state index in [0.717, 1.165) is 4.90 Å². The summed E-state index contributed by atoms with van der Waals surface area (Å²) in [6.07, 6.45) is -4.25. The van der Waals surface area contributed by atoms with Crippen molar-refractivity contribution in [1.29, 1.82) is 0 Å². The Kier molecular flexibility index (Phi) is 10.0. The molecule has 6 atom stereocenters. The number of methoxy groups -OCH3 is 1. The predicted molar refractivity (Wildman–Crippen MR) is 169 cm³/mol. The molecule has 0 radical (unpaired) electrons. The summed E-state index contributed by atoms with van der Waals surface area (Å²) in [5.41, 5.74) is -2.06. The third-order valence-corrected chi connectivity index (χ3v) is 10.1. The van der Waals surface area contributed by atoms with Crippen molar-refractivity contribution >= 4 is 29.0 Å². The molecule has 1 unspecified atom stereocenters. The second kappa shape index (κ2) is 13.6. The normalized spacial score (nSPS) is 29.2. The first-order chi connectivity index (χ1) is 22.6. The van der Waals surface area contributed by atoms with Crippen LogP contribution in [0.15, 0.2) is 18.2 Å². The fourth-order valence-electron chi connectivity index (χ4n) is 7.59. The van der Waals surface area contributed by atoms with Crippen molar-refractivity contribution in [2.75, 3.05) is 13.7 Å². The number of alkyl halides is 3. The highest BCUT2D eigenvalue weighted by molar-refractivity contribution is 5.91. The van der Waals surface area contributed by atoms with Gasteiger partial charge in [-0.1, -0.05) is 40.5 Å². The summed E-state index contributed by atoms with van der Waals surface area (Å²) in [7, 11) is 1.53. The molecule has 2 bridgehead atoms. The first-order valence-corrected chi connectivity index (χ1v) is 16.7. The molecule has 1 saturated heterocycles. The summed E-state index contributed by atoms with van der Waals surface area (Å²) in [6, 6.07) is 2.53. The zero-order chi connectivity index (χ0) is 35.0. The highest BCUT2D eigenvalue weighted by Gasteiger charge is 2.64. The number of halogens is 3. The fourth-order valence-corrected chi connectivity index (χ4v) is 7.59. The Morgan fingerprint density at radius 3 is 2.48 bits per heavy atom. The van der Waals surface area contributed by atoms with Gasteiger partial charge >= 0.3 is 18.2 Å². The van der Waals surface area contributed by atoms with Crippen molar-refractivity contribution in [3.8, 4) is 11.6 Å². The molecule has 2 aromatic rings. The molecule has 264 valence electrons. The molecule has 5 rings (SSSR count). The number of nitrogens with zero attached hydrogens (tertiary/aromatic N) is 3. The molecule has 48 heavy (non-hydrogen) atoms. The monoisotopic (exact) mass is 678 g/mol. The molecule has 3 heterocycles. The number of ether oxygens (including phenoxy) is 3. The lowest BCUT2D eigenvalue weighted by Crippen LogP contribution is -2.59. The summed E-state index contributed by atoms with van der Waals surface area (Å²) < 4.78 is 61.5. The fraction of sp³-hybridized carbons (Fsp3) is 0.676. The van der Waals surface area contributed by atoms with Gasteiger partial charge in [0.05, 0.1) is 24.7 Å². The molecule has 1 saturated carbocycles. The summed E-state index contributed by atoms with van der Waals surface area (Å²) in [6.45, 7) is 6.57. The third-order valence-electron chi connectivity index (χ3n) is 10.1. The van der Waals surface area contributed by atoms with Crippen LogP contribution in [-0.2, 0) is 20.7 Å². The smallest absolute Gasteiger partial charge is 0.428 e. The minimum Gasteiger partial charge on any atom is -0.497 e. The van der Waals surface area contributed by atoms with Gasteiger partial charge in [0.15, 0.2) is 0 Å². The average Bonchev–Trinajstić information content (AvgIpc) is 3.59. The Morgan fingerprint density at radius 2 is 1.83 bits per heavy atom. The molecule has 1 aromatic heterocycles. The van der Waals surface area contributed by atoms with Crippen LogP contribution < -0.4 is 14.8 Å². The van der Waals surface area contributed by atoms with E-state index in [1.807, 2.05) is 0 Å². The van der Waals surface area contributed by atoms with Crippen LogP contribution in [0.4, 0.5) is 18.0 Å². The summed E-state index contributed by atoms with van der Waals surface area (Å²) in [5.74, 6) is -2.85. The number of carbonyl (C=O) groups is 3. The molecule has 0 spiro atoms. The number of amides is 2. The van der Waals surface area contributed by atoms with Gasteiger partial charge in [0.1, 0.15) is 29.6 Å². The minimum atomic E-state index is -4.83. The summed E-state index contributed by atoms with van der Waals surface area (Å²) in [4.78, 5) is 51.0. The van der Waals surface area contributed by atoms with E-state index in [2.05, 4.69) is 5.32 Å². The maximum atomic E-state index is 14.8. The van der Waals surface area contributed by atoms with E-state index in [1.54, 1.807) is 45.9 Å². The first-order valence-electron chi connectivity index (χ1n) is 16.7. The van der Waals surface area contributed by atoms with Gasteiger partial charge < -0.3 is 29.5 Å². The van der Waals surface area contributed by atoms with Crippen molar-refractivity contribution < 1.29 is 46.9 Å². The van der Waals surface area contributed by atoms with Crippen LogP contribution in [0.5, 0.6) is 11.6 Å². The molecule has 1 aromatic carbocycles. The van der Waals surface area contributed by atoms with Crippen molar-refractivity contribution in [2.45, 2.75) is 115 Å². The lowest BCUT2D eigenvalue weighted by atomic mass is 9.85. The van der Waals surface area contributed by atoms with Gasteiger partial charge in [0.2, 0.25) is 17.4 Å². The summed E-state index contributed by atoms with van der Waals surface area (Å²) in [5, 5.41) is 12.8. The number of hydrogen-bond acceptors (Lipinski definition) is 8. The lowest BCUT2D eigenvalue weighted by Gasteiger charge is -2.39. The number of aromatic nitrogens is 2. The van der Waals surface area contributed by atoms with E-state index in [4.69, 9.17) is 24.2 Å². The number of alkyl carbamates (subject to hydrolysis) is 1. The second-order valence-electron chi connectivity index (χ2n) is 14.2. The molecule has 11 nitrogen and oxygen atoms in total. The lowest BCUT2D eigenvalue weighted by molar-refractivity contribution is -0.271. The molecular weight excluding hydrogens is 633 g/mol. The maximum Gasteiger partial charge on any atom is 0.428 e. The highest BCUT2D eigenvalue weighted by Crippen LogP contribution is 2.51. The Morgan fingerprint density at radius 1 is 1.10 bits per heavy atom. The van der Waals surface area contributed by atoms with Gasteiger partial charge in [-0.15, -0.1) is 0 Å². The van der Waals surface area contributed by atoms with Crippen LogP contribution in [0.2, 0.25) is 0 Å². The Hall–Kier alpha value is -3.84. The van der Waals surface area contributed by atoms with Crippen molar-refractivity contribution in [3.63, 3.8) is 0 Å². The topological polar surface area (TPSA) is 140 Å². The third kappa shape index (κ3) is 6.84. The van der Waals surface area contributed by atoms with Gasteiger partial charge in [-0.3, -0.25) is 4.79 Å².